The summed E-state index contributed by atoms with van der Waals surface area (Å²) in [5.74, 6) is 2.15. The molecule has 0 unspecified atom stereocenters. The maximum Gasteiger partial charge on any atom is 0.233 e. The number of benzene rings is 1. The molecule has 1 fully saturated rings. The third-order valence-electron chi connectivity index (χ3n) is 4.89. The molecular formula is C19H26N4OS. The minimum Gasteiger partial charge on any atom is -0.341 e. The quantitative estimate of drug-likeness (QED) is 0.768. The van der Waals surface area contributed by atoms with Crippen molar-refractivity contribution in [1.82, 2.24) is 20.1 Å². The third-order valence-corrected chi connectivity index (χ3v) is 5.72. The van der Waals surface area contributed by atoms with Gasteiger partial charge in [-0.3, -0.25) is 9.89 Å². The van der Waals surface area contributed by atoms with Crippen molar-refractivity contribution in [3.63, 3.8) is 0 Å². The fraction of sp³-hybridized carbons (Fsp3) is 0.526. The predicted molar refractivity (Wildman–Crippen MR) is 100 cm³/mol. The summed E-state index contributed by atoms with van der Waals surface area (Å²) < 4.78 is 0. The number of amides is 1. The molecule has 1 aromatic heterocycles. The van der Waals surface area contributed by atoms with E-state index in [0.29, 0.717) is 17.5 Å². The molecule has 0 atom stereocenters. The minimum atomic E-state index is 0.0930. The fourth-order valence-corrected chi connectivity index (χ4v) is 4.05. The molecule has 1 aromatic carbocycles. The number of aryl methyl sites for hydroxylation is 1. The second-order valence-electron chi connectivity index (χ2n) is 6.88. The van der Waals surface area contributed by atoms with Crippen LogP contribution in [0.5, 0.6) is 0 Å². The van der Waals surface area contributed by atoms with E-state index in [-0.39, 0.29) is 5.91 Å². The number of nitrogens with one attached hydrogen (secondary N) is 1. The first-order valence-corrected chi connectivity index (χ1v) is 9.93. The summed E-state index contributed by atoms with van der Waals surface area (Å²) in [5.41, 5.74) is 2.39. The van der Waals surface area contributed by atoms with E-state index in [1.807, 2.05) is 19.2 Å². The van der Waals surface area contributed by atoms with E-state index in [1.165, 1.54) is 48.6 Å². The Morgan fingerprint density at radius 3 is 2.84 bits per heavy atom. The Morgan fingerprint density at radius 2 is 2.08 bits per heavy atom. The van der Waals surface area contributed by atoms with Gasteiger partial charge in [-0.25, -0.2) is 4.98 Å². The SMILES string of the molecule is Cc1ccccc1CN(C)C(=O)CSc1n[nH]c(CC2CCCC2)n1. The van der Waals surface area contributed by atoms with E-state index < -0.39 is 0 Å². The summed E-state index contributed by atoms with van der Waals surface area (Å²) in [6.07, 6.45) is 6.25. The van der Waals surface area contributed by atoms with Gasteiger partial charge in [-0.2, -0.15) is 0 Å². The van der Waals surface area contributed by atoms with E-state index in [2.05, 4.69) is 34.2 Å². The molecular weight excluding hydrogens is 332 g/mol. The van der Waals surface area contributed by atoms with Gasteiger partial charge in [-0.15, -0.1) is 5.10 Å². The van der Waals surface area contributed by atoms with Crippen molar-refractivity contribution in [2.75, 3.05) is 12.8 Å². The lowest BCUT2D eigenvalue weighted by molar-refractivity contribution is -0.127. The van der Waals surface area contributed by atoms with Gasteiger partial charge in [-0.05, 0) is 24.0 Å². The van der Waals surface area contributed by atoms with Gasteiger partial charge in [0.05, 0.1) is 5.75 Å². The topological polar surface area (TPSA) is 61.9 Å². The Kier molecular flexibility index (Phi) is 6.13. The number of hydrogen-bond donors (Lipinski definition) is 1. The lowest BCUT2D eigenvalue weighted by Crippen LogP contribution is -2.28. The number of aromatic amines is 1. The van der Waals surface area contributed by atoms with Crippen LogP contribution in [0.1, 0.15) is 42.6 Å². The van der Waals surface area contributed by atoms with Crippen molar-refractivity contribution in [2.45, 2.75) is 50.7 Å². The Hall–Kier alpha value is -1.82. The van der Waals surface area contributed by atoms with Crippen molar-refractivity contribution in [3.05, 3.63) is 41.2 Å². The first kappa shape index (κ1) is 18.0. The first-order chi connectivity index (χ1) is 12.1. The molecule has 1 aliphatic carbocycles. The smallest absolute Gasteiger partial charge is 0.233 e. The number of carbonyl (C=O) groups excluding carboxylic acids is 1. The highest BCUT2D eigenvalue weighted by molar-refractivity contribution is 7.99. The Bertz CT molecular complexity index is 709. The van der Waals surface area contributed by atoms with Crippen LogP contribution in [0.4, 0.5) is 0 Å². The van der Waals surface area contributed by atoms with Crippen molar-refractivity contribution in [1.29, 1.82) is 0 Å². The monoisotopic (exact) mass is 358 g/mol. The second kappa shape index (κ2) is 8.52. The maximum absolute atomic E-state index is 12.4. The van der Waals surface area contributed by atoms with Crippen molar-refractivity contribution in [3.8, 4) is 0 Å². The summed E-state index contributed by atoms with van der Waals surface area (Å²) in [4.78, 5) is 18.7. The average Bonchev–Trinajstić information content (AvgIpc) is 3.27. The Morgan fingerprint density at radius 1 is 1.32 bits per heavy atom. The first-order valence-electron chi connectivity index (χ1n) is 8.94. The largest absolute Gasteiger partial charge is 0.341 e. The molecule has 134 valence electrons. The molecule has 5 nitrogen and oxygen atoms in total. The minimum absolute atomic E-state index is 0.0930. The van der Waals surface area contributed by atoms with Crippen LogP contribution in [-0.2, 0) is 17.8 Å². The van der Waals surface area contributed by atoms with Gasteiger partial charge < -0.3 is 4.90 Å². The Labute approximate surface area is 153 Å². The zero-order valence-electron chi connectivity index (χ0n) is 15.0. The highest BCUT2D eigenvalue weighted by Gasteiger charge is 2.18. The van der Waals surface area contributed by atoms with E-state index in [9.17, 15) is 4.79 Å². The zero-order valence-corrected chi connectivity index (χ0v) is 15.8. The van der Waals surface area contributed by atoms with E-state index in [0.717, 1.165) is 18.2 Å². The third kappa shape index (κ3) is 5.08. The number of H-pyrrole nitrogens is 1. The molecule has 0 saturated heterocycles. The van der Waals surface area contributed by atoms with E-state index >= 15 is 0 Å². The number of hydrogen-bond acceptors (Lipinski definition) is 4. The number of nitrogens with zero attached hydrogens (tertiary/aromatic N) is 3. The van der Waals surface area contributed by atoms with Gasteiger partial charge in [-0.1, -0.05) is 61.7 Å². The molecule has 2 aromatic rings. The van der Waals surface area contributed by atoms with Gasteiger partial charge in [0, 0.05) is 20.0 Å². The van der Waals surface area contributed by atoms with E-state index in [4.69, 9.17) is 0 Å². The van der Waals surface area contributed by atoms with Crippen LogP contribution in [0.15, 0.2) is 29.4 Å². The molecule has 0 aliphatic heterocycles. The molecule has 1 amide bonds. The van der Waals surface area contributed by atoms with Crippen LogP contribution in [0.25, 0.3) is 0 Å². The molecule has 1 aliphatic rings. The number of aromatic nitrogens is 3. The average molecular weight is 359 g/mol. The van der Waals surface area contributed by atoms with Crippen LogP contribution >= 0.6 is 11.8 Å². The van der Waals surface area contributed by atoms with Gasteiger partial charge in [0.1, 0.15) is 5.82 Å². The molecule has 1 saturated carbocycles. The van der Waals surface area contributed by atoms with Crippen LogP contribution < -0.4 is 0 Å². The van der Waals surface area contributed by atoms with Gasteiger partial charge in [0.2, 0.25) is 11.1 Å². The highest BCUT2D eigenvalue weighted by Crippen LogP contribution is 2.27. The van der Waals surface area contributed by atoms with Gasteiger partial charge in [0.15, 0.2) is 0 Å². The van der Waals surface area contributed by atoms with Crippen molar-refractivity contribution in [2.24, 2.45) is 5.92 Å². The molecule has 1 heterocycles. The maximum atomic E-state index is 12.4. The molecule has 6 heteroatoms. The van der Waals surface area contributed by atoms with Crippen molar-refractivity contribution < 1.29 is 4.79 Å². The van der Waals surface area contributed by atoms with Gasteiger partial charge in [0.25, 0.3) is 0 Å². The van der Waals surface area contributed by atoms with Crippen LogP contribution in [-0.4, -0.2) is 38.8 Å². The number of carbonyl (C=O) groups is 1. The van der Waals surface area contributed by atoms with Crippen LogP contribution in [0.2, 0.25) is 0 Å². The highest BCUT2D eigenvalue weighted by atomic mass is 32.2. The van der Waals surface area contributed by atoms with Crippen LogP contribution in [0, 0.1) is 12.8 Å². The summed E-state index contributed by atoms with van der Waals surface area (Å²) >= 11 is 1.41. The zero-order chi connectivity index (χ0) is 17.6. The molecule has 0 radical (unpaired) electrons. The Balaban J connectivity index is 1.46. The standard InChI is InChI=1S/C19H26N4OS/c1-14-7-3-6-10-16(14)12-23(2)18(24)13-25-19-20-17(21-22-19)11-15-8-4-5-9-15/h3,6-7,10,15H,4-5,8-9,11-13H2,1-2H3,(H,20,21,22). The predicted octanol–water partition coefficient (Wildman–Crippen LogP) is 3.60. The summed E-state index contributed by atoms with van der Waals surface area (Å²) in [7, 11) is 1.85. The summed E-state index contributed by atoms with van der Waals surface area (Å²) in [6, 6.07) is 8.16. The normalized spacial score (nSPS) is 14.8. The molecule has 0 spiro atoms. The summed E-state index contributed by atoms with van der Waals surface area (Å²) in [5, 5.41) is 7.94. The number of rotatable bonds is 7. The lowest BCUT2D eigenvalue weighted by atomic mass is 10.0. The fourth-order valence-electron chi connectivity index (χ4n) is 3.29. The lowest BCUT2D eigenvalue weighted by Gasteiger charge is -2.18. The molecule has 1 N–H and O–H groups in total. The van der Waals surface area contributed by atoms with Gasteiger partial charge >= 0.3 is 0 Å². The second-order valence-corrected chi connectivity index (χ2v) is 7.83. The summed E-state index contributed by atoms with van der Waals surface area (Å²) in [6.45, 7) is 2.70. The van der Waals surface area contributed by atoms with Crippen LogP contribution in [0.3, 0.4) is 0 Å². The molecule has 3 rings (SSSR count). The molecule has 25 heavy (non-hydrogen) atoms. The molecule has 0 bridgehead atoms. The van der Waals surface area contributed by atoms with E-state index in [1.54, 1.807) is 4.90 Å². The van der Waals surface area contributed by atoms with Crippen molar-refractivity contribution >= 4 is 17.7 Å². The number of thioether (sulfide) groups is 1.